The summed E-state index contributed by atoms with van der Waals surface area (Å²) in [4.78, 5) is 6.08. The number of nitrogens with two attached hydrogens (primary N) is 1. The quantitative estimate of drug-likeness (QED) is 0.672. The van der Waals surface area contributed by atoms with Crippen molar-refractivity contribution in [2.45, 2.75) is 32.2 Å². The van der Waals surface area contributed by atoms with E-state index in [1.165, 1.54) is 23.3 Å². The highest BCUT2D eigenvalue weighted by atomic mass is 32.1. The summed E-state index contributed by atoms with van der Waals surface area (Å²) in [6.07, 6.45) is 3.62. The lowest BCUT2D eigenvalue weighted by molar-refractivity contribution is 0.609. The molecular weight excluding hydrogens is 298 g/mol. The molecule has 1 aliphatic rings. The minimum Gasteiger partial charge on any atom is -0.397 e. The number of nitrogens with one attached hydrogen (secondary N) is 1. The Labute approximate surface area is 131 Å². The zero-order valence-corrected chi connectivity index (χ0v) is 13.5. The number of anilines is 2. The fourth-order valence-corrected chi connectivity index (χ4v) is 4.90. The molecule has 21 heavy (non-hydrogen) atoms. The first-order valence-electron chi connectivity index (χ1n) is 7.20. The van der Waals surface area contributed by atoms with Gasteiger partial charge in [0.25, 0.3) is 0 Å². The van der Waals surface area contributed by atoms with E-state index in [-0.39, 0.29) is 0 Å². The van der Waals surface area contributed by atoms with Crippen LogP contribution in [0.3, 0.4) is 0 Å². The number of thiazole rings is 1. The summed E-state index contributed by atoms with van der Waals surface area (Å²) < 4.78 is 1.16. The van der Waals surface area contributed by atoms with Gasteiger partial charge in [0, 0.05) is 4.88 Å². The van der Waals surface area contributed by atoms with Gasteiger partial charge in [-0.1, -0.05) is 0 Å². The van der Waals surface area contributed by atoms with Crippen molar-refractivity contribution in [1.29, 1.82) is 0 Å². The third-order valence-electron chi connectivity index (χ3n) is 4.05. The Balaban J connectivity index is 1.70. The lowest BCUT2D eigenvalue weighted by Gasteiger charge is -2.25. The zero-order chi connectivity index (χ0) is 14.4. The monoisotopic (exact) mass is 315 g/mol. The van der Waals surface area contributed by atoms with Gasteiger partial charge < -0.3 is 11.1 Å². The maximum Gasteiger partial charge on any atom is 0.0907 e. The van der Waals surface area contributed by atoms with Crippen molar-refractivity contribution in [2.24, 2.45) is 0 Å². The predicted molar refractivity (Wildman–Crippen MR) is 92.4 cm³/mol. The van der Waals surface area contributed by atoms with Gasteiger partial charge in [0.15, 0.2) is 0 Å². The van der Waals surface area contributed by atoms with Crippen LogP contribution in [0.5, 0.6) is 0 Å². The Morgan fingerprint density at radius 2 is 2.29 bits per heavy atom. The summed E-state index contributed by atoms with van der Waals surface area (Å²) in [7, 11) is 0. The van der Waals surface area contributed by atoms with E-state index in [4.69, 9.17) is 5.73 Å². The topological polar surface area (TPSA) is 50.9 Å². The number of nitrogens with zero attached hydrogens (tertiary/aromatic N) is 1. The van der Waals surface area contributed by atoms with E-state index < -0.39 is 0 Å². The van der Waals surface area contributed by atoms with Crippen molar-refractivity contribution >= 4 is 44.3 Å². The van der Waals surface area contributed by atoms with E-state index >= 15 is 0 Å². The van der Waals surface area contributed by atoms with Crippen LogP contribution in [0.25, 0.3) is 10.2 Å². The minimum atomic E-state index is 0.375. The second kappa shape index (κ2) is 5.00. The smallest absolute Gasteiger partial charge is 0.0907 e. The summed E-state index contributed by atoms with van der Waals surface area (Å²) >= 11 is 3.56. The molecule has 5 heteroatoms. The van der Waals surface area contributed by atoms with Crippen molar-refractivity contribution in [3.63, 3.8) is 0 Å². The highest BCUT2D eigenvalue weighted by molar-refractivity contribution is 7.18. The van der Waals surface area contributed by atoms with Gasteiger partial charge >= 0.3 is 0 Å². The molecule has 1 aromatic carbocycles. The number of hydrogen-bond donors (Lipinski definition) is 2. The normalized spacial score (nSPS) is 17.9. The van der Waals surface area contributed by atoms with Crippen molar-refractivity contribution in [1.82, 2.24) is 4.98 Å². The van der Waals surface area contributed by atoms with Crippen LogP contribution in [-0.2, 0) is 6.42 Å². The summed E-state index contributed by atoms with van der Waals surface area (Å²) in [5, 5.41) is 6.92. The highest BCUT2D eigenvalue weighted by Crippen LogP contribution is 2.38. The molecule has 0 saturated carbocycles. The number of hydrogen-bond acceptors (Lipinski definition) is 5. The number of aryl methyl sites for hydroxylation is 2. The van der Waals surface area contributed by atoms with E-state index in [0.717, 1.165) is 33.0 Å². The first-order chi connectivity index (χ1) is 10.2. The molecule has 2 aromatic heterocycles. The Morgan fingerprint density at radius 3 is 3.19 bits per heavy atom. The van der Waals surface area contributed by atoms with E-state index in [0.29, 0.717) is 6.04 Å². The SMILES string of the molecule is Cc1nc2cc(NC3CCCc4sccc43)c(N)cc2s1. The molecule has 0 spiro atoms. The molecule has 1 unspecified atom stereocenters. The molecule has 0 fully saturated rings. The first kappa shape index (κ1) is 13.1. The van der Waals surface area contributed by atoms with Crippen molar-refractivity contribution in [3.05, 3.63) is 39.0 Å². The molecule has 0 bridgehead atoms. The largest absolute Gasteiger partial charge is 0.397 e. The number of aromatic nitrogens is 1. The van der Waals surface area contributed by atoms with Crippen molar-refractivity contribution < 1.29 is 0 Å². The maximum atomic E-state index is 6.23. The third kappa shape index (κ3) is 2.30. The van der Waals surface area contributed by atoms with E-state index in [1.807, 2.05) is 24.3 Å². The second-order valence-corrected chi connectivity index (χ2v) is 7.76. The lowest BCUT2D eigenvalue weighted by Crippen LogP contribution is -2.16. The Bertz CT molecular complexity index is 803. The molecule has 0 radical (unpaired) electrons. The van der Waals surface area contributed by atoms with Crippen LogP contribution in [0, 0.1) is 6.92 Å². The van der Waals surface area contributed by atoms with E-state index in [1.54, 1.807) is 11.3 Å². The molecule has 3 aromatic rings. The summed E-state index contributed by atoms with van der Waals surface area (Å²) in [5.41, 5.74) is 10.5. The average Bonchev–Trinajstić information content (AvgIpc) is 3.05. The first-order valence-corrected chi connectivity index (χ1v) is 8.90. The van der Waals surface area contributed by atoms with Crippen LogP contribution in [0.2, 0.25) is 0 Å². The number of rotatable bonds is 2. The van der Waals surface area contributed by atoms with Crippen LogP contribution < -0.4 is 11.1 Å². The molecule has 2 heterocycles. The van der Waals surface area contributed by atoms with E-state index in [9.17, 15) is 0 Å². The Hall–Kier alpha value is -1.59. The maximum absolute atomic E-state index is 6.23. The van der Waals surface area contributed by atoms with Gasteiger partial charge in [0.2, 0.25) is 0 Å². The summed E-state index contributed by atoms with van der Waals surface area (Å²) in [5.74, 6) is 0. The summed E-state index contributed by atoms with van der Waals surface area (Å²) in [6, 6.07) is 6.76. The molecule has 0 saturated heterocycles. The Kier molecular flexibility index (Phi) is 3.12. The molecule has 4 rings (SSSR count). The molecule has 3 nitrogen and oxygen atoms in total. The van der Waals surface area contributed by atoms with Crippen LogP contribution in [0.15, 0.2) is 23.6 Å². The molecule has 1 aliphatic carbocycles. The van der Waals surface area contributed by atoms with Crippen LogP contribution in [0.1, 0.15) is 34.3 Å². The van der Waals surface area contributed by atoms with Crippen LogP contribution in [0.4, 0.5) is 11.4 Å². The van der Waals surface area contributed by atoms with Gasteiger partial charge in [0.1, 0.15) is 0 Å². The second-order valence-electron chi connectivity index (χ2n) is 5.53. The third-order valence-corrected chi connectivity index (χ3v) is 5.98. The van der Waals surface area contributed by atoms with Crippen molar-refractivity contribution in [2.75, 3.05) is 11.1 Å². The fourth-order valence-electron chi connectivity index (χ4n) is 3.05. The zero-order valence-electron chi connectivity index (χ0n) is 11.8. The molecular formula is C16H17N3S2. The number of benzene rings is 1. The van der Waals surface area contributed by atoms with Gasteiger partial charge in [-0.25, -0.2) is 4.98 Å². The molecule has 0 amide bonds. The van der Waals surface area contributed by atoms with E-state index in [2.05, 4.69) is 27.8 Å². The number of thiophene rings is 1. The summed E-state index contributed by atoms with van der Waals surface area (Å²) in [6.45, 7) is 2.03. The molecule has 1 atom stereocenters. The molecule has 108 valence electrons. The minimum absolute atomic E-state index is 0.375. The highest BCUT2D eigenvalue weighted by Gasteiger charge is 2.21. The van der Waals surface area contributed by atoms with Gasteiger partial charge in [-0.05, 0) is 55.3 Å². The molecule has 0 aliphatic heterocycles. The van der Waals surface area contributed by atoms with Crippen LogP contribution >= 0.6 is 22.7 Å². The van der Waals surface area contributed by atoms with Gasteiger partial charge in [-0.3, -0.25) is 0 Å². The lowest BCUT2D eigenvalue weighted by atomic mass is 9.94. The average molecular weight is 315 g/mol. The number of nitrogen functional groups attached to an aromatic ring is 1. The Morgan fingerprint density at radius 1 is 1.38 bits per heavy atom. The van der Waals surface area contributed by atoms with Crippen molar-refractivity contribution in [3.8, 4) is 0 Å². The van der Waals surface area contributed by atoms with Gasteiger partial charge in [0.05, 0.1) is 32.6 Å². The number of fused-ring (bicyclic) bond motifs is 2. The fraction of sp³-hybridized carbons (Fsp3) is 0.312. The van der Waals surface area contributed by atoms with Gasteiger partial charge in [-0.15, -0.1) is 22.7 Å². The van der Waals surface area contributed by atoms with Gasteiger partial charge in [-0.2, -0.15) is 0 Å². The standard InChI is InChI=1S/C16H17N3S2/c1-9-18-14-8-13(11(17)7-16(14)21-9)19-12-3-2-4-15-10(12)5-6-20-15/h5-8,12,19H,2-4,17H2,1H3. The van der Waals surface area contributed by atoms with Crippen LogP contribution in [-0.4, -0.2) is 4.98 Å². The predicted octanol–water partition coefficient (Wildman–Crippen LogP) is 4.74. The molecule has 3 N–H and O–H groups in total.